The van der Waals surface area contributed by atoms with Gasteiger partial charge in [-0.3, -0.25) is 9.59 Å². The Labute approximate surface area is 175 Å². The normalized spacial score (nSPS) is 15.8. The molecule has 2 aromatic carbocycles. The Balaban J connectivity index is 1.34. The fourth-order valence-corrected chi connectivity index (χ4v) is 3.51. The highest BCUT2D eigenvalue weighted by Gasteiger charge is 2.34. The molecule has 1 unspecified atom stereocenters. The van der Waals surface area contributed by atoms with Crippen molar-refractivity contribution >= 4 is 11.8 Å². The second kappa shape index (κ2) is 9.07. The number of hydrogen-bond acceptors (Lipinski definition) is 5. The zero-order valence-electron chi connectivity index (χ0n) is 17.0. The summed E-state index contributed by atoms with van der Waals surface area (Å²) in [5, 5.41) is 5.74. The van der Waals surface area contributed by atoms with E-state index in [1.807, 2.05) is 25.1 Å². The molecule has 7 nitrogen and oxygen atoms in total. The highest BCUT2D eigenvalue weighted by molar-refractivity contribution is 5.96. The fraction of sp³-hybridized carbons (Fsp3) is 0.391. The molecule has 1 heterocycles. The lowest BCUT2D eigenvalue weighted by Crippen LogP contribution is -2.39. The van der Waals surface area contributed by atoms with Gasteiger partial charge >= 0.3 is 0 Å². The van der Waals surface area contributed by atoms with Crippen LogP contribution in [0, 0.1) is 5.92 Å². The predicted molar refractivity (Wildman–Crippen MR) is 111 cm³/mol. The predicted octanol–water partition coefficient (Wildman–Crippen LogP) is 2.85. The van der Waals surface area contributed by atoms with Gasteiger partial charge in [-0.05, 0) is 67.6 Å². The molecule has 7 heteroatoms. The van der Waals surface area contributed by atoms with E-state index in [4.69, 9.17) is 14.2 Å². The van der Waals surface area contributed by atoms with Gasteiger partial charge in [0.2, 0.25) is 5.91 Å². The minimum atomic E-state index is -0.296. The van der Waals surface area contributed by atoms with Gasteiger partial charge in [0.25, 0.3) is 5.91 Å². The van der Waals surface area contributed by atoms with Crippen molar-refractivity contribution in [1.82, 2.24) is 10.6 Å². The van der Waals surface area contributed by atoms with Crippen LogP contribution in [0.4, 0.5) is 0 Å². The molecule has 2 amide bonds. The van der Waals surface area contributed by atoms with E-state index in [1.54, 1.807) is 24.3 Å². The van der Waals surface area contributed by atoms with Crippen LogP contribution in [0.25, 0.3) is 0 Å². The Morgan fingerprint density at radius 3 is 2.50 bits per heavy atom. The molecule has 0 spiro atoms. The van der Waals surface area contributed by atoms with Crippen molar-refractivity contribution < 1.29 is 23.8 Å². The Bertz CT molecular complexity index is 908. The quantitative estimate of drug-likeness (QED) is 0.699. The number of carbonyl (C=O) groups is 2. The Morgan fingerprint density at radius 1 is 1.07 bits per heavy atom. The molecule has 1 saturated carbocycles. The van der Waals surface area contributed by atoms with Crippen LogP contribution < -0.4 is 24.8 Å². The van der Waals surface area contributed by atoms with Crippen LogP contribution >= 0.6 is 0 Å². The third-order valence-electron chi connectivity index (χ3n) is 5.17. The second-order valence-electron chi connectivity index (χ2n) is 7.43. The molecule has 1 aliphatic carbocycles. The van der Waals surface area contributed by atoms with Crippen molar-refractivity contribution in [2.75, 3.05) is 26.4 Å². The minimum absolute atomic E-state index is 0.0835. The molecule has 1 aliphatic heterocycles. The number of hydrogen-bond donors (Lipinski definition) is 2. The van der Waals surface area contributed by atoms with Gasteiger partial charge < -0.3 is 24.8 Å². The fourth-order valence-electron chi connectivity index (χ4n) is 3.51. The van der Waals surface area contributed by atoms with Crippen molar-refractivity contribution in [3.8, 4) is 17.2 Å². The summed E-state index contributed by atoms with van der Waals surface area (Å²) in [6.07, 6.45) is 2.13. The molecule has 0 aromatic heterocycles. The summed E-state index contributed by atoms with van der Waals surface area (Å²) in [6, 6.07) is 12.5. The van der Waals surface area contributed by atoms with Crippen LogP contribution in [0.2, 0.25) is 0 Å². The van der Waals surface area contributed by atoms with E-state index >= 15 is 0 Å². The Morgan fingerprint density at radius 2 is 1.80 bits per heavy atom. The zero-order chi connectivity index (χ0) is 20.9. The third-order valence-corrected chi connectivity index (χ3v) is 5.17. The first kappa shape index (κ1) is 20.1. The van der Waals surface area contributed by atoms with Crippen molar-refractivity contribution in [2.45, 2.75) is 25.8 Å². The molecule has 0 saturated heterocycles. The molecule has 0 radical (unpaired) electrons. The van der Waals surface area contributed by atoms with E-state index in [9.17, 15) is 9.59 Å². The summed E-state index contributed by atoms with van der Waals surface area (Å²) < 4.78 is 16.6. The first-order chi connectivity index (χ1) is 14.6. The van der Waals surface area contributed by atoms with Gasteiger partial charge in [-0.25, -0.2) is 0 Å². The number of rotatable bonds is 8. The Hall–Kier alpha value is -3.22. The standard InChI is InChI=1S/C23H26N2O5/c1-2-28-18-8-5-16(6-9-18)23(27)24-14-21(26)25-22(15-3-4-15)17-7-10-19-20(13-17)30-12-11-29-19/h5-10,13,15,22H,2-4,11-12,14H2,1H3,(H,24,27)(H,25,26). The molecule has 2 N–H and O–H groups in total. The highest BCUT2D eigenvalue weighted by atomic mass is 16.6. The molecule has 158 valence electrons. The largest absolute Gasteiger partial charge is 0.494 e. The van der Waals surface area contributed by atoms with E-state index in [0.29, 0.717) is 42.8 Å². The van der Waals surface area contributed by atoms with Crippen LogP contribution in [-0.2, 0) is 4.79 Å². The van der Waals surface area contributed by atoms with Gasteiger partial charge in [0.1, 0.15) is 19.0 Å². The van der Waals surface area contributed by atoms with E-state index in [1.165, 1.54) is 0 Å². The SMILES string of the molecule is CCOc1ccc(C(=O)NCC(=O)NC(c2ccc3c(c2)OCCO3)C2CC2)cc1. The summed E-state index contributed by atoms with van der Waals surface area (Å²) in [7, 11) is 0. The summed E-state index contributed by atoms with van der Waals surface area (Å²) >= 11 is 0. The van der Waals surface area contributed by atoms with Crippen molar-refractivity contribution in [2.24, 2.45) is 5.92 Å². The average molecular weight is 410 g/mol. The van der Waals surface area contributed by atoms with E-state index in [2.05, 4.69) is 10.6 Å². The van der Waals surface area contributed by atoms with Gasteiger partial charge in [0.05, 0.1) is 19.2 Å². The summed E-state index contributed by atoms with van der Waals surface area (Å²) in [5.74, 6) is 2.03. The van der Waals surface area contributed by atoms with Crippen LogP contribution in [0.15, 0.2) is 42.5 Å². The van der Waals surface area contributed by atoms with Gasteiger partial charge in [-0.1, -0.05) is 6.07 Å². The van der Waals surface area contributed by atoms with E-state index < -0.39 is 0 Å². The van der Waals surface area contributed by atoms with Gasteiger partial charge in [0, 0.05) is 5.56 Å². The molecule has 4 rings (SSSR count). The van der Waals surface area contributed by atoms with Gasteiger partial charge in [-0.15, -0.1) is 0 Å². The van der Waals surface area contributed by atoms with Crippen LogP contribution in [0.5, 0.6) is 17.2 Å². The molecule has 1 fully saturated rings. The first-order valence-electron chi connectivity index (χ1n) is 10.3. The molecular weight excluding hydrogens is 384 g/mol. The average Bonchev–Trinajstić information content (AvgIpc) is 3.61. The van der Waals surface area contributed by atoms with Gasteiger partial charge in [-0.2, -0.15) is 0 Å². The third kappa shape index (κ3) is 4.84. The lowest BCUT2D eigenvalue weighted by molar-refractivity contribution is -0.121. The van der Waals surface area contributed by atoms with Crippen LogP contribution in [0.1, 0.15) is 41.7 Å². The summed E-state index contributed by atoms with van der Waals surface area (Å²) in [4.78, 5) is 24.8. The van der Waals surface area contributed by atoms with Crippen molar-refractivity contribution in [3.63, 3.8) is 0 Å². The number of carbonyl (C=O) groups excluding carboxylic acids is 2. The highest BCUT2D eigenvalue weighted by Crippen LogP contribution is 2.43. The summed E-state index contributed by atoms with van der Waals surface area (Å²) in [6.45, 7) is 3.45. The monoisotopic (exact) mass is 410 g/mol. The summed E-state index contributed by atoms with van der Waals surface area (Å²) in [5.41, 5.74) is 1.48. The maximum Gasteiger partial charge on any atom is 0.251 e. The second-order valence-corrected chi connectivity index (χ2v) is 7.43. The number of benzene rings is 2. The van der Waals surface area contributed by atoms with Crippen molar-refractivity contribution in [1.29, 1.82) is 0 Å². The van der Waals surface area contributed by atoms with E-state index in [0.717, 1.165) is 24.2 Å². The molecule has 2 aliphatic rings. The molecule has 2 aromatic rings. The smallest absolute Gasteiger partial charge is 0.251 e. The number of fused-ring (bicyclic) bond motifs is 1. The minimum Gasteiger partial charge on any atom is -0.494 e. The van der Waals surface area contributed by atoms with Crippen LogP contribution in [0.3, 0.4) is 0 Å². The zero-order valence-corrected chi connectivity index (χ0v) is 17.0. The van der Waals surface area contributed by atoms with Crippen molar-refractivity contribution in [3.05, 3.63) is 53.6 Å². The maximum atomic E-state index is 12.5. The molecular formula is C23H26N2O5. The maximum absolute atomic E-state index is 12.5. The molecule has 30 heavy (non-hydrogen) atoms. The first-order valence-corrected chi connectivity index (χ1v) is 10.3. The molecule has 1 atom stereocenters. The Kier molecular flexibility index (Phi) is 6.07. The van der Waals surface area contributed by atoms with Crippen LogP contribution in [-0.4, -0.2) is 38.2 Å². The van der Waals surface area contributed by atoms with E-state index in [-0.39, 0.29) is 24.4 Å². The number of ether oxygens (including phenoxy) is 3. The molecule has 0 bridgehead atoms. The van der Waals surface area contributed by atoms with Gasteiger partial charge in [0.15, 0.2) is 11.5 Å². The lowest BCUT2D eigenvalue weighted by Gasteiger charge is -2.23. The lowest BCUT2D eigenvalue weighted by atomic mass is 10.0. The topological polar surface area (TPSA) is 85.9 Å². The number of amides is 2. The number of nitrogens with one attached hydrogen (secondary N) is 2.